The SMILES string of the molecule is CC1=C(I)C(=O)C([N+](=O)[O-])=C(C)C1. The highest BCUT2D eigenvalue weighted by atomic mass is 127. The van der Waals surface area contributed by atoms with Gasteiger partial charge in [0.05, 0.1) is 8.50 Å². The van der Waals surface area contributed by atoms with Crippen molar-refractivity contribution < 1.29 is 9.72 Å². The largest absolute Gasteiger partial charge is 0.316 e. The van der Waals surface area contributed by atoms with Gasteiger partial charge in [-0.15, -0.1) is 0 Å². The van der Waals surface area contributed by atoms with Crippen LogP contribution in [0.25, 0.3) is 0 Å². The fourth-order valence-corrected chi connectivity index (χ4v) is 1.74. The second kappa shape index (κ2) is 3.57. The molecule has 0 aromatic rings. The van der Waals surface area contributed by atoms with E-state index in [1.54, 1.807) is 6.92 Å². The van der Waals surface area contributed by atoms with E-state index in [0.29, 0.717) is 15.6 Å². The summed E-state index contributed by atoms with van der Waals surface area (Å²) < 4.78 is 0.481. The van der Waals surface area contributed by atoms with Crippen LogP contribution in [0.5, 0.6) is 0 Å². The van der Waals surface area contributed by atoms with E-state index in [-0.39, 0.29) is 5.70 Å². The summed E-state index contributed by atoms with van der Waals surface area (Å²) in [6, 6.07) is 0. The van der Waals surface area contributed by atoms with E-state index in [1.165, 1.54) is 0 Å². The Labute approximate surface area is 89.0 Å². The zero-order chi connectivity index (χ0) is 10.2. The molecule has 0 heterocycles. The van der Waals surface area contributed by atoms with Crippen molar-refractivity contribution >= 4 is 28.4 Å². The van der Waals surface area contributed by atoms with Crippen molar-refractivity contribution in [3.05, 3.63) is 30.5 Å². The van der Waals surface area contributed by atoms with Gasteiger partial charge in [0.25, 0.3) is 5.78 Å². The first-order valence-electron chi connectivity index (χ1n) is 3.69. The first kappa shape index (κ1) is 10.4. The van der Waals surface area contributed by atoms with Crippen LogP contribution in [0.4, 0.5) is 0 Å². The maximum Gasteiger partial charge on any atom is 0.316 e. The molecule has 0 aromatic heterocycles. The molecule has 0 unspecified atom stereocenters. The molecule has 0 aromatic carbocycles. The quantitative estimate of drug-likeness (QED) is 0.423. The fourth-order valence-electron chi connectivity index (χ4n) is 1.29. The van der Waals surface area contributed by atoms with Crippen LogP contribution in [0.15, 0.2) is 20.4 Å². The molecule has 0 spiro atoms. The molecule has 0 fully saturated rings. The van der Waals surface area contributed by atoms with Crippen molar-refractivity contribution in [3.63, 3.8) is 0 Å². The van der Waals surface area contributed by atoms with E-state index >= 15 is 0 Å². The minimum absolute atomic E-state index is 0.255. The second-order valence-corrected chi connectivity index (χ2v) is 4.07. The first-order valence-corrected chi connectivity index (χ1v) is 4.77. The smallest absolute Gasteiger partial charge is 0.281 e. The van der Waals surface area contributed by atoms with E-state index in [4.69, 9.17) is 0 Å². The van der Waals surface area contributed by atoms with Crippen molar-refractivity contribution in [2.24, 2.45) is 0 Å². The third kappa shape index (κ3) is 1.79. The molecule has 1 aliphatic rings. The van der Waals surface area contributed by atoms with E-state index in [0.717, 1.165) is 5.57 Å². The number of nitrogens with zero attached hydrogens (tertiary/aromatic N) is 1. The summed E-state index contributed by atoms with van der Waals surface area (Å²) in [6.07, 6.45) is 0.528. The summed E-state index contributed by atoms with van der Waals surface area (Å²) in [4.78, 5) is 21.4. The van der Waals surface area contributed by atoms with Crippen molar-refractivity contribution in [2.75, 3.05) is 0 Å². The number of allylic oxidation sites excluding steroid dienone is 3. The van der Waals surface area contributed by atoms with E-state index in [1.807, 2.05) is 29.5 Å². The van der Waals surface area contributed by atoms with E-state index in [2.05, 4.69) is 0 Å². The molecule has 0 N–H and O–H groups in total. The number of ketones is 1. The summed E-state index contributed by atoms with van der Waals surface area (Å²) in [5.74, 6) is -0.452. The molecule has 0 saturated carbocycles. The molecule has 13 heavy (non-hydrogen) atoms. The maximum absolute atomic E-state index is 11.4. The fraction of sp³-hybridized carbons (Fsp3) is 0.375. The van der Waals surface area contributed by atoms with Crippen molar-refractivity contribution in [1.29, 1.82) is 0 Å². The van der Waals surface area contributed by atoms with E-state index < -0.39 is 10.7 Å². The average molecular weight is 293 g/mol. The third-order valence-corrected chi connectivity index (χ3v) is 3.32. The summed E-state index contributed by atoms with van der Waals surface area (Å²) >= 11 is 1.86. The van der Waals surface area contributed by atoms with Gasteiger partial charge >= 0.3 is 5.70 Å². The molecule has 0 atom stereocenters. The van der Waals surface area contributed by atoms with Gasteiger partial charge in [-0.2, -0.15) is 0 Å². The Kier molecular flexibility index (Phi) is 2.84. The van der Waals surface area contributed by atoms with Gasteiger partial charge in [-0.3, -0.25) is 14.9 Å². The number of halogens is 1. The number of hydrogen-bond donors (Lipinski definition) is 0. The minimum Gasteiger partial charge on any atom is -0.281 e. The van der Waals surface area contributed by atoms with Crippen LogP contribution in [0.1, 0.15) is 20.3 Å². The topological polar surface area (TPSA) is 60.2 Å². The summed E-state index contributed by atoms with van der Waals surface area (Å²) in [5.41, 5.74) is 1.21. The van der Waals surface area contributed by atoms with Gasteiger partial charge in [-0.05, 0) is 42.9 Å². The molecule has 5 heteroatoms. The van der Waals surface area contributed by atoms with Crippen molar-refractivity contribution in [3.8, 4) is 0 Å². The van der Waals surface area contributed by atoms with Crippen molar-refractivity contribution in [2.45, 2.75) is 20.3 Å². The third-order valence-electron chi connectivity index (χ3n) is 1.91. The number of Topliss-reactive ketones (excluding diaryl/α,β-unsaturated/α-hetero) is 1. The number of carbonyl (C=O) groups excluding carboxylic acids is 1. The highest BCUT2D eigenvalue weighted by molar-refractivity contribution is 14.1. The van der Waals surface area contributed by atoms with Gasteiger partial charge in [-0.1, -0.05) is 5.57 Å². The molecule has 0 bridgehead atoms. The molecular weight excluding hydrogens is 285 g/mol. The van der Waals surface area contributed by atoms with Gasteiger partial charge in [-0.25, -0.2) is 0 Å². The predicted octanol–water partition coefficient (Wildman–Crippen LogP) is 2.22. The standard InChI is InChI=1S/C8H8INO3/c1-4-3-5(2)7(10(12)13)8(11)6(4)9/h3H2,1-2H3. The number of hydrogen-bond acceptors (Lipinski definition) is 3. The number of rotatable bonds is 1. The van der Waals surface area contributed by atoms with Crippen LogP contribution < -0.4 is 0 Å². The Hall–Kier alpha value is -0.720. The molecule has 0 amide bonds. The maximum atomic E-state index is 11.4. The summed E-state index contributed by atoms with van der Waals surface area (Å²) in [6.45, 7) is 3.45. The van der Waals surface area contributed by atoms with Crippen LogP contribution in [-0.2, 0) is 4.79 Å². The number of carbonyl (C=O) groups is 1. The van der Waals surface area contributed by atoms with Crippen LogP contribution in [0.3, 0.4) is 0 Å². The normalized spacial score (nSPS) is 18.2. The van der Waals surface area contributed by atoms with Gasteiger partial charge < -0.3 is 0 Å². The molecule has 0 radical (unpaired) electrons. The predicted molar refractivity (Wildman–Crippen MR) is 56.0 cm³/mol. The zero-order valence-electron chi connectivity index (χ0n) is 7.26. The lowest BCUT2D eigenvalue weighted by atomic mass is 9.97. The van der Waals surface area contributed by atoms with Gasteiger partial charge in [0.2, 0.25) is 0 Å². The Morgan fingerprint density at radius 1 is 1.38 bits per heavy atom. The van der Waals surface area contributed by atoms with Gasteiger partial charge in [0, 0.05) is 5.57 Å². The molecule has 4 nitrogen and oxygen atoms in total. The minimum atomic E-state index is -0.594. The Morgan fingerprint density at radius 3 is 2.38 bits per heavy atom. The zero-order valence-corrected chi connectivity index (χ0v) is 9.41. The molecule has 1 aliphatic carbocycles. The first-order chi connectivity index (χ1) is 5.95. The Bertz CT molecular complexity index is 354. The van der Waals surface area contributed by atoms with Crippen LogP contribution in [0.2, 0.25) is 0 Å². The highest BCUT2D eigenvalue weighted by Crippen LogP contribution is 2.30. The van der Waals surface area contributed by atoms with Crippen LogP contribution in [0, 0.1) is 10.1 Å². The lowest BCUT2D eigenvalue weighted by molar-refractivity contribution is -0.419. The lowest BCUT2D eigenvalue weighted by Gasteiger charge is -2.11. The second-order valence-electron chi connectivity index (χ2n) is 2.99. The molecule has 70 valence electrons. The van der Waals surface area contributed by atoms with Crippen LogP contribution >= 0.6 is 22.6 Å². The summed E-state index contributed by atoms with van der Waals surface area (Å²) in [7, 11) is 0. The number of nitro groups is 1. The molecule has 0 aliphatic heterocycles. The summed E-state index contributed by atoms with van der Waals surface area (Å²) in [5, 5.41) is 10.5. The van der Waals surface area contributed by atoms with Gasteiger partial charge in [0.1, 0.15) is 0 Å². The van der Waals surface area contributed by atoms with Crippen LogP contribution in [-0.4, -0.2) is 10.7 Å². The molecule has 0 saturated heterocycles. The van der Waals surface area contributed by atoms with Crippen molar-refractivity contribution in [1.82, 2.24) is 0 Å². The monoisotopic (exact) mass is 293 g/mol. The van der Waals surface area contributed by atoms with Gasteiger partial charge in [0.15, 0.2) is 0 Å². The molecule has 1 rings (SSSR count). The van der Waals surface area contributed by atoms with E-state index in [9.17, 15) is 14.9 Å². The highest BCUT2D eigenvalue weighted by Gasteiger charge is 2.32. The Morgan fingerprint density at radius 2 is 1.92 bits per heavy atom. The molecular formula is C8H8INO3. The lowest BCUT2D eigenvalue weighted by Crippen LogP contribution is -2.18. The Balaban J connectivity index is 3.19. The average Bonchev–Trinajstić information content (AvgIpc) is 1.99.